The average molecular weight is 271 g/mol. The molecule has 0 aromatic carbocycles. The summed E-state index contributed by atoms with van der Waals surface area (Å²) < 4.78 is 5.03. The van der Waals surface area contributed by atoms with Crippen LogP contribution in [0.3, 0.4) is 0 Å². The monoisotopic (exact) mass is 271 g/mol. The number of carboxylic acid groups (broad SMARTS) is 1. The lowest BCUT2D eigenvalue weighted by Crippen LogP contribution is -2.54. The molecule has 2 heterocycles. The number of rotatable bonds is 2. The minimum atomic E-state index is -1.09. The minimum Gasteiger partial charge on any atom is -0.479 e. The minimum absolute atomic E-state index is 0.00207. The lowest BCUT2D eigenvalue weighted by molar-refractivity contribution is -0.154. The number of carboxylic acids is 1. The molecule has 2 saturated heterocycles. The fourth-order valence-corrected chi connectivity index (χ4v) is 2.18. The number of ether oxygens (including phenoxy) is 1. The molecule has 0 aromatic rings. The average Bonchev–Trinajstić information content (AvgIpc) is 2.71. The summed E-state index contributed by atoms with van der Waals surface area (Å²) in [5.41, 5.74) is 0. The predicted octanol–water partition coefficient (Wildman–Crippen LogP) is -1.29. The summed E-state index contributed by atoms with van der Waals surface area (Å²) in [4.78, 5) is 37.4. The van der Waals surface area contributed by atoms with Gasteiger partial charge in [-0.1, -0.05) is 0 Å². The molecule has 3 amide bonds. The normalized spacial score (nSPS) is 27.5. The van der Waals surface area contributed by atoms with Crippen molar-refractivity contribution in [2.45, 2.75) is 18.6 Å². The van der Waals surface area contributed by atoms with Gasteiger partial charge < -0.3 is 25.0 Å². The molecule has 2 atom stereocenters. The van der Waals surface area contributed by atoms with E-state index in [4.69, 9.17) is 9.84 Å². The van der Waals surface area contributed by atoms with Crippen LogP contribution in [0.4, 0.5) is 4.79 Å². The number of likely N-dealkylation sites (N-methyl/N-ethyl adjacent to an activating group) is 1. The van der Waals surface area contributed by atoms with Crippen molar-refractivity contribution in [3.05, 3.63) is 0 Å². The molecule has 8 nitrogen and oxygen atoms in total. The number of carbonyl (C=O) groups excluding carboxylic acids is 2. The first kappa shape index (κ1) is 13.6. The summed E-state index contributed by atoms with van der Waals surface area (Å²) in [5, 5.41) is 11.5. The Kier molecular flexibility index (Phi) is 3.89. The van der Waals surface area contributed by atoms with Gasteiger partial charge in [0, 0.05) is 20.1 Å². The number of hydrogen-bond donors (Lipinski definition) is 2. The largest absolute Gasteiger partial charge is 0.479 e. The summed E-state index contributed by atoms with van der Waals surface area (Å²) in [7, 11) is 1.68. The summed E-state index contributed by atoms with van der Waals surface area (Å²) >= 11 is 0. The van der Waals surface area contributed by atoms with E-state index < -0.39 is 24.1 Å². The Hall–Kier alpha value is -1.83. The van der Waals surface area contributed by atoms with Crippen molar-refractivity contribution in [2.24, 2.45) is 0 Å². The molecular formula is C11H17N3O5. The molecular weight excluding hydrogens is 254 g/mol. The van der Waals surface area contributed by atoms with E-state index in [-0.39, 0.29) is 19.1 Å². The van der Waals surface area contributed by atoms with E-state index in [2.05, 4.69) is 5.32 Å². The van der Waals surface area contributed by atoms with Crippen LogP contribution in [0.5, 0.6) is 0 Å². The van der Waals surface area contributed by atoms with Crippen LogP contribution in [0.1, 0.15) is 6.42 Å². The fourth-order valence-electron chi connectivity index (χ4n) is 2.18. The van der Waals surface area contributed by atoms with Crippen molar-refractivity contribution in [3.8, 4) is 0 Å². The SMILES string of the molecule is CN1CCC(NC(=O)N2CCOC(C(=O)O)C2)C1=O. The Morgan fingerprint density at radius 2 is 2.16 bits per heavy atom. The highest BCUT2D eigenvalue weighted by molar-refractivity contribution is 5.88. The second-order valence-electron chi connectivity index (χ2n) is 4.69. The van der Waals surface area contributed by atoms with Gasteiger partial charge in [0.05, 0.1) is 13.2 Å². The van der Waals surface area contributed by atoms with Crippen LogP contribution in [-0.4, -0.2) is 78.2 Å². The maximum absolute atomic E-state index is 12.0. The summed E-state index contributed by atoms with van der Waals surface area (Å²) in [5.74, 6) is -1.20. The van der Waals surface area contributed by atoms with Crippen LogP contribution < -0.4 is 5.32 Å². The number of nitrogens with one attached hydrogen (secondary N) is 1. The van der Waals surface area contributed by atoms with E-state index in [1.54, 1.807) is 11.9 Å². The molecule has 2 fully saturated rings. The first-order valence-corrected chi connectivity index (χ1v) is 6.14. The standard InChI is InChI=1S/C11H17N3O5/c1-13-3-2-7(9(13)15)12-11(18)14-4-5-19-8(6-14)10(16)17/h7-8H,2-6H2,1H3,(H,12,18)(H,16,17). The van der Waals surface area contributed by atoms with Crippen LogP contribution in [0.25, 0.3) is 0 Å². The van der Waals surface area contributed by atoms with Crippen molar-refractivity contribution in [1.29, 1.82) is 0 Å². The third kappa shape index (κ3) is 2.95. The number of nitrogens with zero attached hydrogens (tertiary/aromatic N) is 2. The van der Waals surface area contributed by atoms with Crippen molar-refractivity contribution in [2.75, 3.05) is 33.3 Å². The zero-order valence-electron chi connectivity index (χ0n) is 10.7. The Bertz CT molecular complexity index is 400. The fraction of sp³-hybridized carbons (Fsp3) is 0.727. The van der Waals surface area contributed by atoms with E-state index in [1.165, 1.54) is 4.90 Å². The molecule has 0 bridgehead atoms. The number of urea groups is 1. The van der Waals surface area contributed by atoms with Gasteiger partial charge in [-0.25, -0.2) is 9.59 Å². The topological polar surface area (TPSA) is 99.2 Å². The molecule has 0 aromatic heterocycles. The molecule has 0 spiro atoms. The smallest absolute Gasteiger partial charge is 0.334 e. The van der Waals surface area contributed by atoms with Crippen LogP contribution in [-0.2, 0) is 14.3 Å². The molecule has 2 rings (SSSR count). The number of amides is 3. The van der Waals surface area contributed by atoms with E-state index in [1.807, 2.05) is 0 Å². The van der Waals surface area contributed by atoms with E-state index >= 15 is 0 Å². The van der Waals surface area contributed by atoms with Crippen molar-refractivity contribution >= 4 is 17.9 Å². The van der Waals surface area contributed by atoms with Crippen LogP contribution in [0.15, 0.2) is 0 Å². The molecule has 2 aliphatic heterocycles. The summed E-state index contributed by atoms with van der Waals surface area (Å²) in [6.45, 7) is 1.12. The zero-order chi connectivity index (χ0) is 14.0. The van der Waals surface area contributed by atoms with E-state index in [9.17, 15) is 14.4 Å². The van der Waals surface area contributed by atoms with E-state index in [0.29, 0.717) is 19.5 Å². The van der Waals surface area contributed by atoms with Crippen LogP contribution in [0, 0.1) is 0 Å². The van der Waals surface area contributed by atoms with Gasteiger partial charge in [0.2, 0.25) is 5.91 Å². The van der Waals surface area contributed by atoms with Crippen molar-refractivity contribution in [1.82, 2.24) is 15.1 Å². The van der Waals surface area contributed by atoms with Gasteiger partial charge in [0.25, 0.3) is 0 Å². The summed E-state index contributed by atoms with van der Waals surface area (Å²) in [6.07, 6.45) is -0.421. The molecule has 0 aliphatic carbocycles. The highest BCUT2D eigenvalue weighted by atomic mass is 16.5. The van der Waals surface area contributed by atoms with Gasteiger partial charge >= 0.3 is 12.0 Å². The lowest BCUT2D eigenvalue weighted by Gasteiger charge is -2.31. The number of carbonyl (C=O) groups is 3. The molecule has 0 radical (unpaired) electrons. The quantitative estimate of drug-likeness (QED) is 0.651. The molecule has 2 N–H and O–H groups in total. The first-order valence-electron chi connectivity index (χ1n) is 6.14. The van der Waals surface area contributed by atoms with Crippen LogP contribution >= 0.6 is 0 Å². The lowest BCUT2D eigenvalue weighted by atomic mass is 10.2. The first-order chi connectivity index (χ1) is 8.99. The van der Waals surface area contributed by atoms with Crippen molar-refractivity contribution in [3.63, 3.8) is 0 Å². The second kappa shape index (κ2) is 5.43. The van der Waals surface area contributed by atoms with Crippen molar-refractivity contribution < 1.29 is 24.2 Å². The molecule has 8 heteroatoms. The molecule has 106 valence electrons. The Labute approximate surface area is 110 Å². The number of morpholine rings is 1. The third-order valence-electron chi connectivity index (χ3n) is 3.35. The maximum Gasteiger partial charge on any atom is 0.334 e. The highest BCUT2D eigenvalue weighted by Gasteiger charge is 2.34. The maximum atomic E-state index is 12.0. The number of likely N-dealkylation sites (tertiary alicyclic amines) is 1. The number of aliphatic carboxylic acids is 1. The predicted molar refractivity (Wildman–Crippen MR) is 63.5 cm³/mol. The zero-order valence-corrected chi connectivity index (χ0v) is 10.7. The molecule has 0 saturated carbocycles. The van der Waals surface area contributed by atoms with E-state index in [0.717, 1.165) is 0 Å². The van der Waals surface area contributed by atoms with Gasteiger partial charge in [-0.05, 0) is 6.42 Å². The Balaban J connectivity index is 1.89. The van der Waals surface area contributed by atoms with Gasteiger partial charge in [-0.3, -0.25) is 4.79 Å². The van der Waals surface area contributed by atoms with Gasteiger partial charge in [0.1, 0.15) is 6.04 Å². The summed E-state index contributed by atoms with van der Waals surface area (Å²) in [6, 6.07) is -0.924. The second-order valence-corrected chi connectivity index (χ2v) is 4.69. The van der Waals surface area contributed by atoms with Gasteiger partial charge in [0.15, 0.2) is 6.10 Å². The Morgan fingerprint density at radius 3 is 2.74 bits per heavy atom. The van der Waals surface area contributed by atoms with Gasteiger partial charge in [-0.15, -0.1) is 0 Å². The Morgan fingerprint density at radius 1 is 1.42 bits per heavy atom. The van der Waals surface area contributed by atoms with Gasteiger partial charge in [-0.2, -0.15) is 0 Å². The highest BCUT2D eigenvalue weighted by Crippen LogP contribution is 2.10. The van der Waals surface area contributed by atoms with Crippen LogP contribution in [0.2, 0.25) is 0 Å². The third-order valence-corrected chi connectivity index (χ3v) is 3.35. The molecule has 19 heavy (non-hydrogen) atoms. The number of hydrogen-bond acceptors (Lipinski definition) is 4. The molecule has 2 aliphatic rings. The molecule has 2 unspecified atom stereocenters.